The SMILES string of the molecule is Cc1cc(C)n(-c2cncc(N3CCCC(NC(=O)C(C)C)C3)n2)n1. The highest BCUT2D eigenvalue weighted by Gasteiger charge is 2.23. The number of nitrogens with zero attached hydrogens (tertiary/aromatic N) is 5. The molecule has 0 spiro atoms. The summed E-state index contributed by atoms with van der Waals surface area (Å²) in [6.07, 6.45) is 5.53. The molecule has 1 amide bonds. The van der Waals surface area contributed by atoms with Gasteiger partial charge in [0.2, 0.25) is 5.91 Å². The van der Waals surface area contributed by atoms with Crippen molar-refractivity contribution in [2.45, 2.75) is 46.6 Å². The minimum absolute atomic E-state index is 0.00419. The van der Waals surface area contributed by atoms with Crippen LogP contribution in [-0.2, 0) is 4.79 Å². The summed E-state index contributed by atoms with van der Waals surface area (Å²) in [6, 6.07) is 2.18. The molecule has 3 rings (SSSR count). The summed E-state index contributed by atoms with van der Waals surface area (Å²) in [6.45, 7) is 9.48. The first-order valence-electron chi connectivity index (χ1n) is 8.85. The van der Waals surface area contributed by atoms with Crippen LogP contribution in [0, 0.1) is 19.8 Å². The van der Waals surface area contributed by atoms with Crippen molar-refractivity contribution in [3.63, 3.8) is 0 Å². The van der Waals surface area contributed by atoms with Crippen LogP contribution in [0.4, 0.5) is 5.82 Å². The molecule has 2 aromatic heterocycles. The standard InChI is InChI=1S/C18H26N6O/c1-12(2)18(25)20-15-6-5-7-23(11-15)16-9-19-10-17(21-16)24-14(4)8-13(3)22-24/h8-10,12,15H,5-7,11H2,1-4H3,(H,20,25). The zero-order valence-corrected chi connectivity index (χ0v) is 15.4. The molecule has 0 aromatic carbocycles. The highest BCUT2D eigenvalue weighted by atomic mass is 16.1. The van der Waals surface area contributed by atoms with Gasteiger partial charge in [-0.2, -0.15) is 5.10 Å². The Kier molecular flexibility index (Phi) is 5.01. The van der Waals surface area contributed by atoms with E-state index in [9.17, 15) is 4.79 Å². The molecule has 1 fully saturated rings. The number of aromatic nitrogens is 4. The fourth-order valence-electron chi connectivity index (χ4n) is 3.13. The van der Waals surface area contributed by atoms with Crippen molar-refractivity contribution in [3.8, 4) is 5.82 Å². The van der Waals surface area contributed by atoms with Gasteiger partial charge in [-0.1, -0.05) is 13.8 Å². The van der Waals surface area contributed by atoms with Crippen molar-refractivity contribution in [3.05, 3.63) is 29.8 Å². The van der Waals surface area contributed by atoms with E-state index < -0.39 is 0 Å². The summed E-state index contributed by atoms with van der Waals surface area (Å²) in [5, 5.41) is 7.61. The van der Waals surface area contributed by atoms with E-state index in [1.807, 2.05) is 38.4 Å². The van der Waals surface area contributed by atoms with Crippen LogP contribution < -0.4 is 10.2 Å². The summed E-state index contributed by atoms with van der Waals surface area (Å²) in [5.74, 6) is 1.66. The van der Waals surface area contributed by atoms with Gasteiger partial charge in [0, 0.05) is 30.7 Å². The number of carbonyl (C=O) groups excluding carboxylic acids is 1. The van der Waals surface area contributed by atoms with E-state index in [1.165, 1.54) is 0 Å². The molecule has 2 aromatic rings. The number of carbonyl (C=O) groups is 1. The molecule has 1 aliphatic rings. The third-order valence-electron chi connectivity index (χ3n) is 4.45. The molecule has 0 saturated carbocycles. The maximum atomic E-state index is 12.0. The number of hydrogen-bond acceptors (Lipinski definition) is 5. The molecule has 1 unspecified atom stereocenters. The summed E-state index contributed by atoms with van der Waals surface area (Å²) in [7, 11) is 0. The normalized spacial score (nSPS) is 17.8. The molecule has 0 aliphatic carbocycles. The molecule has 7 heteroatoms. The average molecular weight is 342 g/mol. The van der Waals surface area contributed by atoms with Crippen LogP contribution in [0.3, 0.4) is 0 Å². The Morgan fingerprint density at radius 2 is 2.04 bits per heavy atom. The third-order valence-corrected chi connectivity index (χ3v) is 4.45. The Morgan fingerprint density at radius 3 is 2.72 bits per heavy atom. The molecular weight excluding hydrogens is 316 g/mol. The molecule has 3 heterocycles. The van der Waals surface area contributed by atoms with Crippen molar-refractivity contribution < 1.29 is 4.79 Å². The van der Waals surface area contributed by atoms with Crippen molar-refractivity contribution in [1.29, 1.82) is 0 Å². The van der Waals surface area contributed by atoms with Gasteiger partial charge in [-0.3, -0.25) is 9.78 Å². The van der Waals surface area contributed by atoms with Crippen LogP contribution in [0.25, 0.3) is 5.82 Å². The lowest BCUT2D eigenvalue weighted by molar-refractivity contribution is -0.124. The maximum Gasteiger partial charge on any atom is 0.222 e. The Labute approximate surface area is 148 Å². The van der Waals surface area contributed by atoms with Gasteiger partial charge in [0.05, 0.1) is 18.1 Å². The highest BCUT2D eigenvalue weighted by Crippen LogP contribution is 2.19. The van der Waals surface area contributed by atoms with Gasteiger partial charge in [-0.15, -0.1) is 0 Å². The van der Waals surface area contributed by atoms with Crippen LogP contribution in [0.1, 0.15) is 38.1 Å². The average Bonchev–Trinajstić information content (AvgIpc) is 2.93. The monoisotopic (exact) mass is 342 g/mol. The smallest absolute Gasteiger partial charge is 0.222 e. The van der Waals surface area contributed by atoms with E-state index >= 15 is 0 Å². The lowest BCUT2D eigenvalue weighted by Gasteiger charge is -2.34. The highest BCUT2D eigenvalue weighted by molar-refractivity contribution is 5.78. The molecule has 1 atom stereocenters. The molecule has 134 valence electrons. The largest absolute Gasteiger partial charge is 0.353 e. The van der Waals surface area contributed by atoms with Crippen molar-refractivity contribution in [2.24, 2.45) is 5.92 Å². The first kappa shape index (κ1) is 17.4. The number of aryl methyl sites for hydroxylation is 2. The van der Waals surface area contributed by atoms with Crippen molar-refractivity contribution in [1.82, 2.24) is 25.1 Å². The van der Waals surface area contributed by atoms with Crippen LogP contribution >= 0.6 is 0 Å². The van der Waals surface area contributed by atoms with E-state index in [-0.39, 0.29) is 17.9 Å². The van der Waals surface area contributed by atoms with Gasteiger partial charge in [0.15, 0.2) is 5.82 Å². The lowest BCUT2D eigenvalue weighted by atomic mass is 10.0. The number of nitrogens with one attached hydrogen (secondary N) is 1. The van der Waals surface area contributed by atoms with E-state index in [4.69, 9.17) is 4.98 Å². The van der Waals surface area contributed by atoms with Crippen LogP contribution in [0.15, 0.2) is 18.5 Å². The Morgan fingerprint density at radius 1 is 1.28 bits per heavy atom. The second-order valence-corrected chi connectivity index (χ2v) is 7.02. The first-order valence-corrected chi connectivity index (χ1v) is 8.85. The van der Waals surface area contributed by atoms with Crippen molar-refractivity contribution in [2.75, 3.05) is 18.0 Å². The van der Waals surface area contributed by atoms with Gasteiger partial charge in [-0.05, 0) is 32.8 Å². The minimum Gasteiger partial charge on any atom is -0.353 e. The molecule has 0 bridgehead atoms. The van der Waals surface area contributed by atoms with E-state index in [2.05, 4.69) is 20.3 Å². The molecule has 1 aliphatic heterocycles. The fourth-order valence-corrected chi connectivity index (χ4v) is 3.13. The van der Waals surface area contributed by atoms with Crippen LogP contribution in [0.2, 0.25) is 0 Å². The quantitative estimate of drug-likeness (QED) is 0.920. The van der Waals surface area contributed by atoms with E-state index in [0.29, 0.717) is 0 Å². The van der Waals surface area contributed by atoms with Gasteiger partial charge in [-0.25, -0.2) is 9.67 Å². The number of amides is 1. The molecule has 25 heavy (non-hydrogen) atoms. The Hall–Kier alpha value is -2.44. The second-order valence-electron chi connectivity index (χ2n) is 7.02. The predicted molar refractivity (Wildman–Crippen MR) is 96.8 cm³/mol. The molecule has 1 saturated heterocycles. The number of anilines is 1. The zero-order chi connectivity index (χ0) is 18.0. The van der Waals surface area contributed by atoms with E-state index in [0.717, 1.165) is 49.0 Å². The lowest BCUT2D eigenvalue weighted by Crippen LogP contribution is -2.49. The summed E-state index contributed by atoms with van der Waals surface area (Å²) < 4.78 is 1.81. The van der Waals surface area contributed by atoms with E-state index in [1.54, 1.807) is 12.4 Å². The van der Waals surface area contributed by atoms with Crippen LogP contribution in [-0.4, -0.2) is 44.8 Å². The van der Waals surface area contributed by atoms with Crippen LogP contribution in [0.5, 0.6) is 0 Å². The van der Waals surface area contributed by atoms with Crippen molar-refractivity contribution >= 4 is 11.7 Å². The molecule has 7 nitrogen and oxygen atoms in total. The topological polar surface area (TPSA) is 75.9 Å². The zero-order valence-electron chi connectivity index (χ0n) is 15.4. The second kappa shape index (κ2) is 7.21. The Balaban J connectivity index is 1.76. The molecule has 1 N–H and O–H groups in total. The maximum absolute atomic E-state index is 12.0. The van der Waals surface area contributed by atoms with Gasteiger partial charge in [0.25, 0.3) is 0 Å². The third kappa shape index (κ3) is 3.97. The molecule has 0 radical (unpaired) electrons. The Bertz CT molecular complexity index is 754. The number of piperidine rings is 1. The predicted octanol–water partition coefficient (Wildman–Crippen LogP) is 2.02. The number of rotatable bonds is 4. The van der Waals surface area contributed by atoms with Gasteiger partial charge >= 0.3 is 0 Å². The summed E-state index contributed by atoms with van der Waals surface area (Å²) in [4.78, 5) is 23.2. The summed E-state index contributed by atoms with van der Waals surface area (Å²) in [5.41, 5.74) is 1.99. The van der Waals surface area contributed by atoms with Gasteiger partial charge < -0.3 is 10.2 Å². The fraction of sp³-hybridized carbons (Fsp3) is 0.556. The molecular formula is C18H26N6O. The summed E-state index contributed by atoms with van der Waals surface area (Å²) >= 11 is 0. The van der Waals surface area contributed by atoms with Gasteiger partial charge in [0.1, 0.15) is 5.82 Å². The number of hydrogen-bond donors (Lipinski definition) is 1. The minimum atomic E-state index is 0.00419. The first-order chi connectivity index (χ1) is 11.9.